The third-order valence-corrected chi connectivity index (χ3v) is 4.52. The number of anilines is 1. The third-order valence-electron chi connectivity index (χ3n) is 4.52. The molecule has 0 spiro atoms. The fourth-order valence-corrected chi connectivity index (χ4v) is 2.96. The molecule has 0 N–H and O–H groups in total. The molecule has 0 bridgehead atoms. The van der Waals surface area contributed by atoms with Crippen LogP contribution in [0, 0.1) is 11.3 Å². The van der Waals surface area contributed by atoms with E-state index in [1.807, 2.05) is 43.3 Å². The van der Waals surface area contributed by atoms with E-state index in [4.69, 9.17) is 23.9 Å². The highest BCUT2D eigenvalue weighted by Gasteiger charge is 2.20. The van der Waals surface area contributed by atoms with Crippen LogP contribution in [0.4, 0.5) is 5.69 Å². The third kappa shape index (κ3) is 6.87. The van der Waals surface area contributed by atoms with Gasteiger partial charge in [0.15, 0.2) is 6.61 Å². The quantitative estimate of drug-likeness (QED) is 0.402. The molecule has 0 aliphatic heterocycles. The number of carbonyl (C=O) groups excluding carboxylic acids is 2. The second-order valence-electron chi connectivity index (χ2n) is 6.82. The molecule has 170 valence electrons. The van der Waals surface area contributed by atoms with Crippen molar-refractivity contribution in [3.63, 3.8) is 0 Å². The normalized spacial score (nSPS) is 10.2. The molecule has 0 aliphatic carbocycles. The Morgan fingerprint density at radius 3 is 2.39 bits per heavy atom. The molecule has 0 saturated carbocycles. The van der Waals surface area contributed by atoms with E-state index < -0.39 is 18.5 Å². The number of furan rings is 1. The van der Waals surface area contributed by atoms with Crippen molar-refractivity contribution >= 4 is 17.6 Å². The molecular formula is C25H24N2O6. The molecule has 8 nitrogen and oxygen atoms in total. The van der Waals surface area contributed by atoms with Crippen molar-refractivity contribution in [1.82, 2.24) is 0 Å². The lowest BCUT2D eigenvalue weighted by molar-refractivity contribution is -0.121. The van der Waals surface area contributed by atoms with Gasteiger partial charge in [-0.05, 0) is 55.5 Å². The van der Waals surface area contributed by atoms with Crippen LogP contribution in [0.1, 0.15) is 29.7 Å². The van der Waals surface area contributed by atoms with Crippen LogP contribution in [-0.2, 0) is 16.1 Å². The monoisotopic (exact) mass is 448 g/mol. The average Bonchev–Trinajstić information content (AvgIpc) is 3.32. The number of para-hydroxylation sites is 1. The largest absolute Gasteiger partial charge is 0.494 e. The van der Waals surface area contributed by atoms with Crippen LogP contribution >= 0.6 is 0 Å². The van der Waals surface area contributed by atoms with Gasteiger partial charge < -0.3 is 23.5 Å². The van der Waals surface area contributed by atoms with E-state index in [1.54, 1.807) is 30.3 Å². The van der Waals surface area contributed by atoms with Crippen molar-refractivity contribution in [3.05, 3.63) is 78.3 Å². The lowest BCUT2D eigenvalue weighted by atomic mass is 10.2. The summed E-state index contributed by atoms with van der Waals surface area (Å²) in [4.78, 5) is 26.4. The van der Waals surface area contributed by atoms with E-state index in [1.165, 1.54) is 11.0 Å². The SMILES string of the molecule is CCOc1ccc(N(CCC#N)C(=O)COC(=O)c2ccc(COc3ccccc3)o2)cc1. The number of rotatable bonds is 11. The first kappa shape index (κ1) is 23.4. The Bertz CT molecular complexity index is 1090. The van der Waals surface area contributed by atoms with Gasteiger partial charge in [0.1, 0.15) is 23.9 Å². The first-order valence-corrected chi connectivity index (χ1v) is 10.4. The van der Waals surface area contributed by atoms with Gasteiger partial charge in [-0.15, -0.1) is 0 Å². The van der Waals surface area contributed by atoms with Crippen LogP contribution in [0.5, 0.6) is 11.5 Å². The summed E-state index contributed by atoms with van der Waals surface area (Å²) in [6.07, 6.45) is 0.135. The zero-order valence-electron chi connectivity index (χ0n) is 18.2. The number of nitriles is 1. The Hall–Kier alpha value is -4.25. The summed E-state index contributed by atoms with van der Waals surface area (Å²) in [5, 5.41) is 8.93. The molecule has 1 amide bonds. The highest BCUT2D eigenvalue weighted by atomic mass is 16.6. The molecule has 8 heteroatoms. The highest BCUT2D eigenvalue weighted by molar-refractivity contribution is 5.96. The number of benzene rings is 2. The van der Waals surface area contributed by atoms with Crippen LogP contribution in [-0.4, -0.2) is 31.6 Å². The van der Waals surface area contributed by atoms with Crippen LogP contribution in [0.15, 0.2) is 71.1 Å². The molecule has 0 saturated heterocycles. The van der Waals surface area contributed by atoms with Gasteiger partial charge in [-0.1, -0.05) is 18.2 Å². The summed E-state index contributed by atoms with van der Waals surface area (Å²) in [5.74, 6) is 0.546. The molecule has 1 heterocycles. The first-order valence-electron chi connectivity index (χ1n) is 10.4. The van der Waals surface area contributed by atoms with Crippen LogP contribution < -0.4 is 14.4 Å². The molecule has 0 fully saturated rings. The van der Waals surface area contributed by atoms with Gasteiger partial charge in [0.25, 0.3) is 5.91 Å². The number of hydrogen-bond donors (Lipinski definition) is 0. The summed E-state index contributed by atoms with van der Waals surface area (Å²) in [6.45, 7) is 2.23. The zero-order valence-corrected chi connectivity index (χ0v) is 18.2. The predicted molar refractivity (Wildman–Crippen MR) is 120 cm³/mol. The van der Waals surface area contributed by atoms with Gasteiger partial charge in [0, 0.05) is 12.2 Å². The molecule has 0 unspecified atom stereocenters. The number of ether oxygens (including phenoxy) is 3. The average molecular weight is 448 g/mol. The van der Waals surface area contributed by atoms with Crippen molar-refractivity contribution in [1.29, 1.82) is 5.26 Å². The second kappa shape index (κ2) is 12.0. The topological polar surface area (TPSA) is 102 Å². The molecule has 3 rings (SSSR count). The van der Waals surface area contributed by atoms with Crippen molar-refractivity contribution in [2.24, 2.45) is 0 Å². The number of esters is 1. The van der Waals surface area contributed by atoms with E-state index in [-0.39, 0.29) is 25.3 Å². The van der Waals surface area contributed by atoms with Crippen LogP contribution in [0.2, 0.25) is 0 Å². The van der Waals surface area contributed by atoms with E-state index in [0.29, 0.717) is 29.6 Å². The van der Waals surface area contributed by atoms with E-state index in [9.17, 15) is 9.59 Å². The minimum Gasteiger partial charge on any atom is -0.494 e. The van der Waals surface area contributed by atoms with Crippen molar-refractivity contribution in [3.8, 4) is 17.6 Å². The molecular weight excluding hydrogens is 424 g/mol. The van der Waals surface area contributed by atoms with Gasteiger partial charge in [0.05, 0.1) is 19.1 Å². The number of hydrogen-bond acceptors (Lipinski definition) is 7. The Labute approximate surface area is 191 Å². The maximum atomic E-state index is 12.7. The number of nitrogens with zero attached hydrogens (tertiary/aromatic N) is 2. The zero-order chi connectivity index (χ0) is 23.5. The summed E-state index contributed by atoms with van der Waals surface area (Å²) in [5.41, 5.74) is 0.577. The van der Waals surface area contributed by atoms with Crippen molar-refractivity contribution < 1.29 is 28.2 Å². The minimum atomic E-state index is -0.763. The first-order chi connectivity index (χ1) is 16.1. The smallest absolute Gasteiger partial charge is 0.374 e. The fourth-order valence-electron chi connectivity index (χ4n) is 2.96. The Kier molecular flexibility index (Phi) is 8.48. The molecule has 1 aromatic heterocycles. The summed E-state index contributed by atoms with van der Waals surface area (Å²) in [6, 6.07) is 21.2. The Morgan fingerprint density at radius 2 is 1.70 bits per heavy atom. The summed E-state index contributed by atoms with van der Waals surface area (Å²) in [7, 11) is 0. The summed E-state index contributed by atoms with van der Waals surface area (Å²) >= 11 is 0. The maximum Gasteiger partial charge on any atom is 0.374 e. The second-order valence-corrected chi connectivity index (χ2v) is 6.82. The standard InChI is InChI=1S/C25H24N2O6/c1-2-30-21-11-9-19(10-12-21)27(16-6-15-26)24(28)18-32-25(29)23-14-13-22(33-23)17-31-20-7-4-3-5-8-20/h3-5,7-14H,2,6,16-18H2,1H3. The van der Waals surface area contributed by atoms with E-state index in [0.717, 1.165) is 0 Å². The summed E-state index contributed by atoms with van der Waals surface area (Å²) < 4.78 is 21.6. The highest BCUT2D eigenvalue weighted by Crippen LogP contribution is 2.20. The number of carbonyl (C=O) groups is 2. The minimum absolute atomic E-state index is 0.0286. The van der Waals surface area contributed by atoms with Gasteiger partial charge in [-0.25, -0.2) is 4.79 Å². The Morgan fingerprint density at radius 1 is 0.970 bits per heavy atom. The lowest BCUT2D eigenvalue weighted by Gasteiger charge is -2.21. The van der Waals surface area contributed by atoms with Crippen LogP contribution in [0.25, 0.3) is 0 Å². The molecule has 3 aromatic rings. The van der Waals surface area contributed by atoms with Gasteiger partial charge in [0.2, 0.25) is 5.76 Å². The lowest BCUT2D eigenvalue weighted by Crippen LogP contribution is -2.35. The van der Waals surface area contributed by atoms with Crippen molar-refractivity contribution in [2.45, 2.75) is 20.0 Å². The van der Waals surface area contributed by atoms with Gasteiger partial charge in [-0.2, -0.15) is 5.26 Å². The molecule has 0 radical (unpaired) electrons. The van der Waals surface area contributed by atoms with E-state index >= 15 is 0 Å². The number of amides is 1. The molecule has 2 aromatic carbocycles. The fraction of sp³-hybridized carbons (Fsp3) is 0.240. The predicted octanol–water partition coefficient (Wildman–Crippen LogP) is 4.36. The molecule has 0 atom stereocenters. The van der Waals surface area contributed by atoms with Crippen molar-refractivity contribution in [2.75, 3.05) is 24.7 Å². The van der Waals surface area contributed by atoms with Crippen LogP contribution in [0.3, 0.4) is 0 Å². The van der Waals surface area contributed by atoms with Gasteiger partial charge in [-0.3, -0.25) is 4.79 Å². The maximum absolute atomic E-state index is 12.7. The Balaban J connectivity index is 1.56. The molecule has 0 aliphatic rings. The van der Waals surface area contributed by atoms with Gasteiger partial charge >= 0.3 is 5.97 Å². The van der Waals surface area contributed by atoms with E-state index in [2.05, 4.69) is 0 Å². The molecule has 33 heavy (non-hydrogen) atoms.